The molecule has 0 saturated carbocycles. The normalized spacial score (nSPS) is 13.8. The Hall–Kier alpha value is -1.39. The lowest BCUT2D eigenvalue weighted by atomic mass is 10.1. The molecule has 0 saturated heterocycles. The Morgan fingerprint density at radius 3 is 2.60 bits per heavy atom. The van der Waals surface area contributed by atoms with Gasteiger partial charge in [0.15, 0.2) is 0 Å². The molecule has 1 aromatic rings. The zero-order valence-corrected chi connectivity index (χ0v) is 12.6. The van der Waals surface area contributed by atoms with Crippen LogP contribution in [0, 0.1) is 0 Å². The Kier molecular flexibility index (Phi) is 7.26. The van der Waals surface area contributed by atoms with Crippen molar-refractivity contribution >= 4 is 5.97 Å². The first-order chi connectivity index (χ1) is 9.62. The van der Waals surface area contributed by atoms with Crippen LogP contribution in [0.5, 0.6) is 0 Å². The van der Waals surface area contributed by atoms with Crippen molar-refractivity contribution in [3.05, 3.63) is 35.9 Å². The number of carbonyl (C=O) groups is 1. The summed E-state index contributed by atoms with van der Waals surface area (Å²) in [4.78, 5) is 11.8. The maximum atomic E-state index is 11.8. The van der Waals surface area contributed by atoms with E-state index in [0.29, 0.717) is 19.8 Å². The fraction of sp³-hybridized carbons (Fsp3) is 0.562. The molecule has 112 valence electrons. The van der Waals surface area contributed by atoms with E-state index in [-0.39, 0.29) is 5.97 Å². The van der Waals surface area contributed by atoms with Crippen molar-refractivity contribution in [1.29, 1.82) is 0 Å². The largest absolute Gasteiger partial charge is 0.465 e. The fourth-order valence-corrected chi connectivity index (χ4v) is 1.82. The minimum absolute atomic E-state index is 0.273. The van der Waals surface area contributed by atoms with Gasteiger partial charge in [0.05, 0.1) is 13.2 Å². The highest BCUT2D eigenvalue weighted by atomic mass is 16.5. The van der Waals surface area contributed by atoms with Crippen molar-refractivity contribution in [3.8, 4) is 0 Å². The first kappa shape index (κ1) is 16.7. The van der Waals surface area contributed by atoms with Gasteiger partial charge in [0.1, 0.15) is 5.54 Å². The van der Waals surface area contributed by atoms with Crippen LogP contribution < -0.4 is 5.32 Å². The van der Waals surface area contributed by atoms with E-state index in [2.05, 4.69) is 17.4 Å². The van der Waals surface area contributed by atoms with Gasteiger partial charge in [-0.25, -0.2) is 4.79 Å². The average molecular weight is 279 g/mol. The molecule has 0 aliphatic carbocycles. The molecule has 20 heavy (non-hydrogen) atoms. The van der Waals surface area contributed by atoms with Crippen LogP contribution in [0.1, 0.15) is 25.8 Å². The van der Waals surface area contributed by atoms with Gasteiger partial charge in [-0.05, 0) is 39.3 Å². The van der Waals surface area contributed by atoms with Gasteiger partial charge in [-0.1, -0.05) is 30.3 Å². The van der Waals surface area contributed by atoms with Gasteiger partial charge >= 0.3 is 5.97 Å². The Bertz CT molecular complexity index is 394. The molecule has 1 unspecified atom stereocenters. The second-order valence-electron chi connectivity index (χ2n) is 4.94. The molecule has 4 nitrogen and oxygen atoms in total. The van der Waals surface area contributed by atoms with Gasteiger partial charge in [-0.2, -0.15) is 0 Å². The number of likely N-dealkylation sites (N-methyl/N-ethyl adjacent to an activating group) is 1. The van der Waals surface area contributed by atoms with Crippen molar-refractivity contribution in [1.82, 2.24) is 5.32 Å². The number of aryl methyl sites for hydroxylation is 1. The molecule has 1 atom stereocenters. The van der Waals surface area contributed by atoms with Crippen LogP contribution in [0.3, 0.4) is 0 Å². The number of ether oxygens (including phenoxy) is 2. The lowest BCUT2D eigenvalue weighted by Gasteiger charge is -2.26. The quantitative estimate of drug-likeness (QED) is 0.556. The van der Waals surface area contributed by atoms with Crippen LogP contribution in [0.4, 0.5) is 0 Å². The molecule has 0 aliphatic rings. The summed E-state index contributed by atoms with van der Waals surface area (Å²) in [6, 6.07) is 10.3. The summed E-state index contributed by atoms with van der Waals surface area (Å²) < 4.78 is 10.7. The maximum Gasteiger partial charge on any atom is 0.328 e. The molecular formula is C16H25NO3. The van der Waals surface area contributed by atoms with Crippen LogP contribution in [0.15, 0.2) is 30.3 Å². The fourth-order valence-electron chi connectivity index (χ4n) is 1.82. The van der Waals surface area contributed by atoms with Crippen molar-refractivity contribution in [2.75, 3.05) is 26.9 Å². The lowest BCUT2D eigenvalue weighted by molar-refractivity contribution is -0.153. The van der Waals surface area contributed by atoms with Crippen molar-refractivity contribution in [2.24, 2.45) is 0 Å². The molecule has 0 amide bonds. The number of nitrogens with one attached hydrogen (secondary N) is 1. The van der Waals surface area contributed by atoms with Crippen LogP contribution in [-0.2, 0) is 20.7 Å². The topological polar surface area (TPSA) is 47.6 Å². The predicted molar refractivity (Wildman–Crippen MR) is 79.7 cm³/mol. The van der Waals surface area contributed by atoms with Crippen molar-refractivity contribution < 1.29 is 14.3 Å². The van der Waals surface area contributed by atoms with E-state index in [1.807, 2.05) is 18.2 Å². The Labute approximate surface area is 121 Å². The standard InChI is InChI=1S/C16H25NO3/c1-4-20-15(18)16(2,17-3)13-19-12-8-11-14-9-6-5-7-10-14/h5-7,9-10,17H,4,8,11-13H2,1-3H3. The molecule has 1 N–H and O–H groups in total. The zero-order chi connectivity index (χ0) is 14.8. The van der Waals surface area contributed by atoms with E-state index >= 15 is 0 Å². The Morgan fingerprint density at radius 2 is 2.00 bits per heavy atom. The molecule has 0 aromatic heterocycles. The van der Waals surface area contributed by atoms with Crippen molar-refractivity contribution in [3.63, 3.8) is 0 Å². The molecule has 0 fully saturated rings. The smallest absolute Gasteiger partial charge is 0.328 e. The summed E-state index contributed by atoms with van der Waals surface area (Å²) in [7, 11) is 1.74. The van der Waals surface area contributed by atoms with Gasteiger partial charge in [0.2, 0.25) is 0 Å². The van der Waals surface area contributed by atoms with Crippen LogP contribution in [0.2, 0.25) is 0 Å². The average Bonchev–Trinajstić information content (AvgIpc) is 2.48. The third-order valence-corrected chi connectivity index (χ3v) is 3.27. The SMILES string of the molecule is CCOC(=O)C(C)(COCCCc1ccccc1)NC. The predicted octanol–water partition coefficient (Wildman–Crippen LogP) is 2.18. The first-order valence-corrected chi connectivity index (χ1v) is 7.10. The van der Waals surface area contributed by atoms with Crippen LogP contribution in [0.25, 0.3) is 0 Å². The molecule has 1 aromatic carbocycles. The number of hydrogen-bond acceptors (Lipinski definition) is 4. The number of benzene rings is 1. The number of carbonyl (C=O) groups excluding carboxylic acids is 1. The summed E-state index contributed by atoms with van der Waals surface area (Å²) in [5.74, 6) is -0.273. The first-order valence-electron chi connectivity index (χ1n) is 7.10. The monoisotopic (exact) mass is 279 g/mol. The van der Waals surface area contributed by atoms with Crippen LogP contribution >= 0.6 is 0 Å². The third-order valence-electron chi connectivity index (χ3n) is 3.27. The van der Waals surface area contributed by atoms with E-state index in [1.165, 1.54) is 5.56 Å². The number of hydrogen-bond donors (Lipinski definition) is 1. The molecule has 0 bridgehead atoms. The summed E-state index contributed by atoms with van der Waals surface area (Å²) in [5, 5.41) is 2.97. The van der Waals surface area contributed by atoms with Gasteiger partial charge in [-0.15, -0.1) is 0 Å². The second-order valence-corrected chi connectivity index (χ2v) is 4.94. The third kappa shape index (κ3) is 5.31. The molecular weight excluding hydrogens is 254 g/mol. The molecule has 0 aliphatic heterocycles. The molecule has 4 heteroatoms. The van der Waals surface area contributed by atoms with Gasteiger partial charge in [-0.3, -0.25) is 0 Å². The Balaban J connectivity index is 2.26. The molecule has 0 heterocycles. The number of rotatable bonds is 9. The minimum atomic E-state index is -0.775. The highest BCUT2D eigenvalue weighted by Gasteiger charge is 2.33. The Morgan fingerprint density at radius 1 is 1.30 bits per heavy atom. The molecule has 0 spiro atoms. The second kappa shape index (κ2) is 8.72. The van der Waals surface area contributed by atoms with E-state index < -0.39 is 5.54 Å². The van der Waals surface area contributed by atoms with Gasteiger partial charge in [0, 0.05) is 6.61 Å². The summed E-state index contributed by atoms with van der Waals surface area (Å²) in [6.45, 7) is 4.92. The van der Waals surface area contributed by atoms with E-state index in [9.17, 15) is 4.79 Å². The van der Waals surface area contributed by atoms with E-state index in [1.54, 1.807) is 20.9 Å². The van der Waals surface area contributed by atoms with Gasteiger partial charge in [0.25, 0.3) is 0 Å². The minimum Gasteiger partial charge on any atom is -0.465 e. The summed E-state index contributed by atoms with van der Waals surface area (Å²) in [5.41, 5.74) is 0.529. The van der Waals surface area contributed by atoms with Crippen molar-refractivity contribution in [2.45, 2.75) is 32.2 Å². The van der Waals surface area contributed by atoms with Crippen LogP contribution in [-0.4, -0.2) is 38.4 Å². The van der Waals surface area contributed by atoms with Gasteiger partial charge < -0.3 is 14.8 Å². The highest BCUT2D eigenvalue weighted by molar-refractivity contribution is 5.80. The zero-order valence-electron chi connectivity index (χ0n) is 12.6. The maximum absolute atomic E-state index is 11.8. The molecule has 0 radical (unpaired) electrons. The van der Waals surface area contributed by atoms with E-state index in [0.717, 1.165) is 12.8 Å². The number of esters is 1. The van der Waals surface area contributed by atoms with E-state index in [4.69, 9.17) is 9.47 Å². The molecule has 1 rings (SSSR count). The summed E-state index contributed by atoms with van der Waals surface area (Å²) >= 11 is 0. The summed E-state index contributed by atoms with van der Waals surface area (Å²) in [6.07, 6.45) is 1.92. The highest BCUT2D eigenvalue weighted by Crippen LogP contribution is 2.08. The lowest BCUT2D eigenvalue weighted by Crippen LogP contribution is -2.52.